The molecule has 2 amide bonds. The Bertz CT molecular complexity index is 637. The number of nitrogens with zero attached hydrogens (tertiary/aromatic N) is 4. The molecule has 0 spiro atoms. The molecule has 0 aliphatic carbocycles. The van der Waals surface area contributed by atoms with Gasteiger partial charge < -0.3 is 19.2 Å². The third-order valence-electron chi connectivity index (χ3n) is 4.36. The van der Waals surface area contributed by atoms with E-state index in [0.29, 0.717) is 13.1 Å². The number of aromatic nitrogens is 2. The van der Waals surface area contributed by atoms with E-state index in [0.717, 1.165) is 31.0 Å². The highest BCUT2D eigenvalue weighted by Gasteiger charge is 2.31. The lowest BCUT2D eigenvalue weighted by molar-refractivity contribution is 0.0877. The first-order chi connectivity index (χ1) is 11.2. The fraction of sp³-hybridized carbons (Fsp3) is 0.500. The lowest BCUT2D eigenvalue weighted by atomic mass is 10.1. The number of piperazine rings is 1. The predicted octanol–water partition coefficient (Wildman–Crippen LogP) is 1.60. The zero-order valence-corrected chi connectivity index (χ0v) is 13.6. The van der Waals surface area contributed by atoms with Crippen LogP contribution < -0.4 is 5.32 Å². The Hall–Kier alpha value is -2.28. The van der Waals surface area contributed by atoms with E-state index in [2.05, 4.69) is 22.1 Å². The maximum Gasteiger partial charge on any atom is 0.317 e. The largest absolute Gasteiger partial charge is 0.472 e. The van der Waals surface area contributed by atoms with Gasteiger partial charge in [-0.05, 0) is 12.6 Å². The molecule has 1 atom stereocenters. The number of carbonyl (C=O) groups is 1. The van der Waals surface area contributed by atoms with Crippen molar-refractivity contribution in [1.29, 1.82) is 0 Å². The Morgan fingerprint density at radius 1 is 1.48 bits per heavy atom. The number of likely N-dealkylation sites (N-methyl/N-ethyl adjacent to an activating group) is 1. The molecule has 0 aromatic carbocycles. The van der Waals surface area contributed by atoms with Crippen LogP contribution in [0.2, 0.25) is 0 Å². The van der Waals surface area contributed by atoms with Gasteiger partial charge >= 0.3 is 6.03 Å². The summed E-state index contributed by atoms with van der Waals surface area (Å²) in [5.41, 5.74) is 0.964. The summed E-state index contributed by atoms with van der Waals surface area (Å²) in [6.07, 6.45) is 7.01. The van der Waals surface area contributed by atoms with E-state index in [1.807, 2.05) is 28.8 Å². The first-order valence-electron chi connectivity index (χ1n) is 7.94. The van der Waals surface area contributed by atoms with Crippen molar-refractivity contribution in [2.24, 2.45) is 7.05 Å². The molecule has 0 saturated carbocycles. The number of hydrogen-bond donors (Lipinski definition) is 1. The molecule has 1 aliphatic rings. The van der Waals surface area contributed by atoms with Gasteiger partial charge in [0.25, 0.3) is 0 Å². The number of nitrogens with one attached hydrogen (secondary N) is 1. The molecule has 1 aliphatic heterocycles. The lowest BCUT2D eigenvalue weighted by Crippen LogP contribution is -2.53. The molecular weight excluding hydrogens is 294 g/mol. The van der Waals surface area contributed by atoms with Crippen molar-refractivity contribution in [3.63, 3.8) is 0 Å². The van der Waals surface area contributed by atoms with Gasteiger partial charge in [-0.1, -0.05) is 6.92 Å². The molecule has 7 nitrogen and oxygen atoms in total. The zero-order chi connectivity index (χ0) is 16.2. The minimum Gasteiger partial charge on any atom is -0.472 e. The van der Waals surface area contributed by atoms with Crippen molar-refractivity contribution in [2.75, 3.05) is 26.2 Å². The number of carbonyl (C=O) groups excluding carboxylic acids is 1. The second kappa shape index (κ2) is 6.87. The maximum absolute atomic E-state index is 12.4. The van der Waals surface area contributed by atoms with Crippen molar-refractivity contribution in [3.8, 4) is 0 Å². The van der Waals surface area contributed by atoms with Crippen LogP contribution in [0.1, 0.15) is 24.4 Å². The van der Waals surface area contributed by atoms with Crippen LogP contribution in [-0.2, 0) is 13.6 Å². The number of aryl methyl sites for hydroxylation is 1. The third-order valence-corrected chi connectivity index (χ3v) is 4.36. The average Bonchev–Trinajstić information content (AvgIpc) is 3.23. The fourth-order valence-electron chi connectivity index (χ4n) is 3.01. The Morgan fingerprint density at radius 2 is 2.35 bits per heavy atom. The smallest absolute Gasteiger partial charge is 0.317 e. The molecule has 2 aromatic heterocycles. The quantitative estimate of drug-likeness (QED) is 0.930. The molecule has 0 unspecified atom stereocenters. The normalized spacial score (nSPS) is 19.0. The molecule has 1 N–H and O–H groups in total. The van der Waals surface area contributed by atoms with Crippen molar-refractivity contribution < 1.29 is 9.21 Å². The van der Waals surface area contributed by atoms with Crippen molar-refractivity contribution >= 4 is 6.03 Å². The number of amides is 2. The molecule has 124 valence electrons. The van der Waals surface area contributed by atoms with Crippen LogP contribution >= 0.6 is 0 Å². The second-order valence-electron chi connectivity index (χ2n) is 5.78. The zero-order valence-electron chi connectivity index (χ0n) is 13.6. The molecule has 23 heavy (non-hydrogen) atoms. The van der Waals surface area contributed by atoms with Crippen molar-refractivity contribution in [2.45, 2.75) is 19.5 Å². The van der Waals surface area contributed by atoms with Gasteiger partial charge in [-0.3, -0.25) is 4.90 Å². The molecular formula is C16H23N5O2. The molecule has 7 heteroatoms. The SMILES string of the molecule is CCN1CCN(C(=O)NCc2ccoc2)C[C@H]1c1nccn1C. The minimum atomic E-state index is -0.0406. The number of hydrogen-bond acceptors (Lipinski definition) is 4. The summed E-state index contributed by atoms with van der Waals surface area (Å²) in [5, 5.41) is 2.95. The second-order valence-corrected chi connectivity index (χ2v) is 5.78. The van der Waals surface area contributed by atoms with Crippen LogP contribution in [-0.4, -0.2) is 51.6 Å². The van der Waals surface area contributed by atoms with E-state index in [1.54, 1.807) is 18.7 Å². The number of rotatable bonds is 4. The van der Waals surface area contributed by atoms with E-state index in [1.165, 1.54) is 0 Å². The maximum atomic E-state index is 12.4. The summed E-state index contributed by atoms with van der Waals surface area (Å²) in [7, 11) is 1.99. The Labute approximate surface area is 135 Å². The Morgan fingerprint density at radius 3 is 3.00 bits per heavy atom. The summed E-state index contributed by atoms with van der Waals surface area (Å²) in [4.78, 5) is 21.1. The van der Waals surface area contributed by atoms with E-state index in [-0.39, 0.29) is 12.1 Å². The van der Waals surface area contributed by atoms with Gasteiger partial charge in [-0.2, -0.15) is 0 Å². The molecule has 3 rings (SSSR count). The highest BCUT2D eigenvalue weighted by atomic mass is 16.3. The first-order valence-corrected chi connectivity index (χ1v) is 7.94. The van der Waals surface area contributed by atoms with E-state index < -0.39 is 0 Å². The van der Waals surface area contributed by atoms with Gasteiger partial charge in [0.1, 0.15) is 5.82 Å². The van der Waals surface area contributed by atoms with Crippen LogP contribution in [0.15, 0.2) is 35.4 Å². The lowest BCUT2D eigenvalue weighted by Gasteiger charge is -2.40. The molecule has 0 radical (unpaired) electrons. The summed E-state index contributed by atoms with van der Waals surface area (Å²) in [6.45, 7) is 5.80. The van der Waals surface area contributed by atoms with Crippen LogP contribution in [0.3, 0.4) is 0 Å². The molecule has 2 aromatic rings. The van der Waals surface area contributed by atoms with Crippen LogP contribution in [0, 0.1) is 0 Å². The van der Waals surface area contributed by atoms with Crippen molar-refractivity contribution in [1.82, 2.24) is 24.7 Å². The summed E-state index contributed by atoms with van der Waals surface area (Å²) in [6, 6.07) is 1.95. The fourth-order valence-corrected chi connectivity index (χ4v) is 3.01. The van der Waals surface area contributed by atoms with Gasteiger partial charge in [-0.15, -0.1) is 0 Å². The monoisotopic (exact) mass is 317 g/mol. The summed E-state index contributed by atoms with van der Waals surface area (Å²) in [5.74, 6) is 0.999. The van der Waals surface area contributed by atoms with Gasteiger partial charge in [0, 0.05) is 51.2 Å². The predicted molar refractivity (Wildman–Crippen MR) is 85.7 cm³/mol. The van der Waals surface area contributed by atoms with Gasteiger partial charge in [0.2, 0.25) is 0 Å². The third kappa shape index (κ3) is 3.39. The summed E-state index contributed by atoms with van der Waals surface area (Å²) >= 11 is 0. The Kier molecular flexibility index (Phi) is 4.66. The van der Waals surface area contributed by atoms with E-state index in [4.69, 9.17) is 4.42 Å². The van der Waals surface area contributed by atoms with Crippen LogP contribution in [0.4, 0.5) is 4.79 Å². The van der Waals surface area contributed by atoms with Gasteiger partial charge in [-0.25, -0.2) is 9.78 Å². The van der Waals surface area contributed by atoms with Gasteiger partial charge in [0.05, 0.1) is 18.6 Å². The number of imidazole rings is 1. The van der Waals surface area contributed by atoms with Crippen LogP contribution in [0.25, 0.3) is 0 Å². The van der Waals surface area contributed by atoms with Crippen LogP contribution in [0.5, 0.6) is 0 Å². The highest BCUT2D eigenvalue weighted by Crippen LogP contribution is 2.23. The minimum absolute atomic E-state index is 0.0406. The first kappa shape index (κ1) is 15.6. The van der Waals surface area contributed by atoms with E-state index >= 15 is 0 Å². The number of urea groups is 1. The molecule has 0 bridgehead atoms. The standard InChI is InChI=1S/C16H23N5O2/c1-3-20-7-8-21(11-14(20)15-17-5-6-19(15)2)16(22)18-10-13-4-9-23-12-13/h4-6,9,12,14H,3,7-8,10-11H2,1-2H3,(H,18,22)/t14-/m0/s1. The summed E-state index contributed by atoms with van der Waals surface area (Å²) < 4.78 is 7.05. The molecule has 3 heterocycles. The van der Waals surface area contributed by atoms with E-state index in [9.17, 15) is 4.79 Å². The highest BCUT2D eigenvalue weighted by molar-refractivity contribution is 5.74. The Balaban J connectivity index is 1.65. The van der Waals surface area contributed by atoms with Gasteiger partial charge in [0.15, 0.2) is 0 Å². The van der Waals surface area contributed by atoms with Crippen molar-refractivity contribution in [3.05, 3.63) is 42.4 Å². The average molecular weight is 317 g/mol. The number of furan rings is 1. The molecule has 1 saturated heterocycles. The molecule has 1 fully saturated rings. The topological polar surface area (TPSA) is 66.5 Å².